The number of hydrogen-bond acceptors (Lipinski definition) is 6. The van der Waals surface area contributed by atoms with Gasteiger partial charge in [-0.05, 0) is 56.1 Å². The normalized spacial score (nSPS) is 16.5. The van der Waals surface area contributed by atoms with E-state index in [1.165, 1.54) is 7.11 Å². The maximum absolute atomic E-state index is 12.0. The Morgan fingerprint density at radius 2 is 2.03 bits per heavy atom. The van der Waals surface area contributed by atoms with E-state index < -0.39 is 0 Å². The van der Waals surface area contributed by atoms with Gasteiger partial charge in [-0.15, -0.1) is 0 Å². The number of aryl methyl sites for hydroxylation is 1. The van der Waals surface area contributed by atoms with E-state index in [1.54, 1.807) is 0 Å². The van der Waals surface area contributed by atoms with Gasteiger partial charge in [-0.1, -0.05) is 30.3 Å². The molecule has 4 rings (SSSR count). The van der Waals surface area contributed by atoms with Crippen molar-refractivity contribution in [3.05, 3.63) is 71.6 Å². The fraction of sp³-hybridized carbons (Fsp3) is 0.333. The van der Waals surface area contributed by atoms with Crippen LogP contribution in [0.2, 0.25) is 0 Å². The Labute approximate surface area is 176 Å². The fourth-order valence-corrected chi connectivity index (χ4v) is 3.80. The van der Waals surface area contributed by atoms with E-state index in [-0.39, 0.29) is 12.0 Å². The molecule has 156 valence electrons. The van der Waals surface area contributed by atoms with Crippen molar-refractivity contribution < 1.29 is 18.7 Å². The molecule has 6 nitrogen and oxygen atoms in total. The largest absolute Gasteiger partial charge is 0.487 e. The van der Waals surface area contributed by atoms with Crippen LogP contribution in [0.15, 0.2) is 59.0 Å². The minimum absolute atomic E-state index is 0.157. The van der Waals surface area contributed by atoms with Crippen molar-refractivity contribution in [2.24, 2.45) is 0 Å². The molecular weight excluding hydrogens is 380 g/mol. The van der Waals surface area contributed by atoms with Crippen LogP contribution in [-0.4, -0.2) is 35.5 Å². The number of ether oxygens (including phenoxy) is 2. The molecule has 0 aliphatic carbocycles. The zero-order valence-electron chi connectivity index (χ0n) is 17.3. The van der Waals surface area contributed by atoms with E-state index in [0.717, 1.165) is 47.7 Å². The fourth-order valence-electron chi connectivity index (χ4n) is 3.80. The number of carbonyl (C=O) groups is 1. The summed E-state index contributed by atoms with van der Waals surface area (Å²) in [5, 5.41) is 0. The van der Waals surface area contributed by atoms with E-state index in [4.69, 9.17) is 13.9 Å². The molecule has 2 heterocycles. The van der Waals surface area contributed by atoms with Gasteiger partial charge in [-0.3, -0.25) is 9.69 Å². The van der Waals surface area contributed by atoms with Crippen molar-refractivity contribution in [1.29, 1.82) is 0 Å². The van der Waals surface area contributed by atoms with Crippen molar-refractivity contribution in [3.63, 3.8) is 0 Å². The first-order valence-corrected chi connectivity index (χ1v) is 10.2. The summed E-state index contributed by atoms with van der Waals surface area (Å²) >= 11 is 0. The number of nitrogens with zero attached hydrogens (tertiary/aromatic N) is 2. The van der Waals surface area contributed by atoms with Crippen molar-refractivity contribution >= 4 is 5.97 Å². The van der Waals surface area contributed by atoms with Gasteiger partial charge in [0.25, 0.3) is 0 Å². The summed E-state index contributed by atoms with van der Waals surface area (Å²) in [5.74, 6) is 1.96. The van der Waals surface area contributed by atoms with Crippen LogP contribution in [0, 0.1) is 6.92 Å². The summed E-state index contributed by atoms with van der Waals surface area (Å²) in [4.78, 5) is 18.7. The minimum atomic E-state index is -0.159. The number of aromatic nitrogens is 1. The Morgan fingerprint density at radius 1 is 1.20 bits per heavy atom. The molecule has 1 aromatic heterocycles. The summed E-state index contributed by atoms with van der Waals surface area (Å²) in [7, 11) is 1.45. The first kappa shape index (κ1) is 20.2. The highest BCUT2D eigenvalue weighted by Crippen LogP contribution is 2.25. The first-order chi connectivity index (χ1) is 14.6. The van der Waals surface area contributed by atoms with Crippen LogP contribution >= 0.6 is 0 Å². The van der Waals surface area contributed by atoms with Crippen LogP contribution in [0.3, 0.4) is 0 Å². The average molecular weight is 406 g/mol. The SMILES string of the molecule is COC(=O)[C@@H]1CCCN1Cc1cccc(OCc2nc(-c3ccccc3)oc2C)c1. The second-order valence-electron chi connectivity index (χ2n) is 7.48. The van der Waals surface area contributed by atoms with Crippen LogP contribution in [0.5, 0.6) is 5.75 Å². The van der Waals surface area contributed by atoms with Gasteiger partial charge < -0.3 is 13.9 Å². The Hall–Kier alpha value is -3.12. The molecule has 0 bridgehead atoms. The maximum Gasteiger partial charge on any atom is 0.323 e. The van der Waals surface area contributed by atoms with Gasteiger partial charge in [0.1, 0.15) is 29.9 Å². The monoisotopic (exact) mass is 406 g/mol. The molecule has 1 aliphatic heterocycles. The minimum Gasteiger partial charge on any atom is -0.487 e. The van der Waals surface area contributed by atoms with Gasteiger partial charge in [0, 0.05) is 12.1 Å². The predicted octanol–water partition coefficient (Wildman–Crippen LogP) is 4.37. The van der Waals surface area contributed by atoms with Crippen molar-refractivity contribution in [3.8, 4) is 17.2 Å². The van der Waals surface area contributed by atoms with Crippen LogP contribution in [0.1, 0.15) is 29.9 Å². The van der Waals surface area contributed by atoms with Gasteiger partial charge in [0.15, 0.2) is 0 Å². The number of benzene rings is 2. The topological polar surface area (TPSA) is 64.8 Å². The van der Waals surface area contributed by atoms with Crippen LogP contribution < -0.4 is 4.74 Å². The van der Waals surface area contributed by atoms with Gasteiger partial charge in [-0.2, -0.15) is 0 Å². The van der Waals surface area contributed by atoms with Crippen LogP contribution in [0.25, 0.3) is 11.5 Å². The van der Waals surface area contributed by atoms with Gasteiger partial charge in [-0.25, -0.2) is 4.98 Å². The Balaban J connectivity index is 1.41. The number of oxazole rings is 1. The van der Waals surface area contributed by atoms with E-state index in [1.807, 2.05) is 61.5 Å². The molecule has 2 aromatic carbocycles. The Morgan fingerprint density at radius 3 is 2.83 bits per heavy atom. The summed E-state index contributed by atoms with van der Waals surface area (Å²) < 4.78 is 16.7. The molecule has 3 aromatic rings. The molecule has 0 spiro atoms. The Bertz CT molecular complexity index is 999. The molecule has 0 saturated carbocycles. The molecule has 0 N–H and O–H groups in total. The number of likely N-dealkylation sites (tertiary alicyclic amines) is 1. The molecule has 0 unspecified atom stereocenters. The molecule has 0 amide bonds. The number of carbonyl (C=O) groups excluding carboxylic acids is 1. The lowest BCUT2D eigenvalue weighted by Gasteiger charge is -2.22. The molecule has 1 fully saturated rings. The highest BCUT2D eigenvalue weighted by atomic mass is 16.5. The maximum atomic E-state index is 12.0. The first-order valence-electron chi connectivity index (χ1n) is 10.2. The third-order valence-corrected chi connectivity index (χ3v) is 5.41. The molecule has 0 radical (unpaired) electrons. The number of methoxy groups -OCH3 is 1. The zero-order valence-corrected chi connectivity index (χ0v) is 17.3. The van der Waals surface area contributed by atoms with Crippen LogP contribution in [0.4, 0.5) is 0 Å². The molecule has 1 aliphatic rings. The number of rotatable bonds is 7. The molecule has 30 heavy (non-hydrogen) atoms. The average Bonchev–Trinajstić information content (AvgIpc) is 3.39. The van der Waals surface area contributed by atoms with E-state index in [2.05, 4.69) is 9.88 Å². The van der Waals surface area contributed by atoms with E-state index >= 15 is 0 Å². The summed E-state index contributed by atoms with van der Waals surface area (Å²) in [5.41, 5.74) is 2.83. The van der Waals surface area contributed by atoms with E-state index in [0.29, 0.717) is 19.0 Å². The lowest BCUT2D eigenvalue weighted by atomic mass is 10.1. The zero-order chi connectivity index (χ0) is 20.9. The van der Waals surface area contributed by atoms with Crippen molar-refractivity contribution in [2.45, 2.75) is 39.0 Å². The van der Waals surface area contributed by atoms with Crippen LogP contribution in [-0.2, 0) is 22.7 Å². The lowest BCUT2D eigenvalue weighted by Crippen LogP contribution is -2.36. The summed E-state index contributed by atoms with van der Waals surface area (Å²) in [6.45, 7) is 3.82. The van der Waals surface area contributed by atoms with Gasteiger partial charge in [0.2, 0.25) is 5.89 Å². The molecule has 1 saturated heterocycles. The summed E-state index contributed by atoms with van der Waals surface area (Å²) in [6, 6.07) is 17.6. The smallest absolute Gasteiger partial charge is 0.323 e. The van der Waals surface area contributed by atoms with E-state index in [9.17, 15) is 4.79 Å². The highest BCUT2D eigenvalue weighted by Gasteiger charge is 2.31. The standard InChI is InChI=1S/C24H26N2O4/c1-17-21(25-23(30-17)19-9-4-3-5-10-19)16-29-20-11-6-8-18(14-20)15-26-13-7-12-22(26)24(27)28-2/h3-6,8-11,14,22H,7,12-13,15-16H2,1-2H3/t22-/m0/s1. The van der Waals surface area contributed by atoms with Gasteiger partial charge >= 0.3 is 5.97 Å². The van der Waals surface area contributed by atoms with Crippen molar-refractivity contribution in [1.82, 2.24) is 9.88 Å². The number of esters is 1. The summed E-state index contributed by atoms with van der Waals surface area (Å²) in [6.07, 6.45) is 1.85. The highest BCUT2D eigenvalue weighted by molar-refractivity contribution is 5.76. The second kappa shape index (κ2) is 9.13. The molecule has 1 atom stereocenters. The quantitative estimate of drug-likeness (QED) is 0.543. The second-order valence-corrected chi connectivity index (χ2v) is 7.48. The third kappa shape index (κ3) is 4.54. The van der Waals surface area contributed by atoms with Gasteiger partial charge in [0.05, 0.1) is 7.11 Å². The Kier molecular flexibility index (Phi) is 6.14. The van der Waals surface area contributed by atoms with Crippen molar-refractivity contribution in [2.75, 3.05) is 13.7 Å². The predicted molar refractivity (Wildman–Crippen MR) is 113 cm³/mol. The molecule has 6 heteroatoms. The number of hydrogen-bond donors (Lipinski definition) is 0. The molecular formula is C24H26N2O4. The lowest BCUT2D eigenvalue weighted by molar-refractivity contribution is -0.146. The third-order valence-electron chi connectivity index (χ3n) is 5.41.